The molecule has 30 heavy (non-hydrogen) atoms. The van der Waals surface area contributed by atoms with Crippen molar-refractivity contribution < 1.29 is 17.9 Å². The number of amides is 1. The van der Waals surface area contributed by atoms with Gasteiger partial charge in [0.1, 0.15) is 5.75 Å². The summed E-state index contributed by atoms with van der Waals surface area (Å²) < 4.78 is 33.1. The quantitative estimate of drug-likeness (QED) is 0.549. The van der Waals surface area contributed by atoms with Crippen molar-refractivity contribution in [2.75, 3.05) is 16.6 Å². The Balaban J connectivity index is 1.61. The smallest absolute Gasteiger partial charge is 0.262 e. The molecule has 0 fully saturated rings. The fourth-order valence-electron chi connectivity index (χ4n) is 2.65. The molecule has 0 aliphatic carbocycles. The molecule has 0 unspecified atom stereocenters. The van der Waals surface area contributed by atoms with Crippen molar-refractivity contribution in [3.8, 4) is 5.75 Å². The van der Waals surface area contributed by atoms with Crippen molar-refractivity contribution in [3.63, 3.8) is 0 Å². The minimum absolute atomic E-state index is 0.0633. The molecule has 3 rings (SSSR count). The predicted octanol–water partition coefficient (Wildman–Crippen LogP) is 4.78. The molecule has 2 N–H and O–H groups in total. The third-order valence-corrected chi connectivity index (χ3v) is 6.13. The summed E-state index contributed by atoms with van der Waals surface area (Å²) in [5, 5.41) is 3.15. The molecule has 156 valence electrons. The van der Waals surface area contributed by atoms with E-state index in [0.29, 0.717) is 22.1 Å². The van der Waals surface area contributed by atoms with E-state index in [-0.39, 0.29) is 17.4 Å². The molecule has 3 aromatic rings. The van der Waals surface area contributed by atoms with Crippen LogP contribution in [0.25, 0.3) is 0 Å². The highest BCUT2D eigenvalue weighted by Gasteiger charge is 2.15. The molecule has 0 spiro atoms. The summed E-state index contributed by atoms with van der Waals surface area (Å²) in [5.74, 6) is 0.289. The van der Waals surface area contributed by atoms with Gasteiger partial charge in [-0.25, -0.2) is 8.42 Å². The second-order valence-corrected chi connectivity index (χ2v) is 8.79. The number of hydrogen-bond acceptors (Lipinski definition) is 4. The van der Waals surface area contributed by atoms with E-state index in [0.717, 1.165) is 11.1 Å². The highest BCUT2D eigenvalue weighted by molar-refractivity contribution is 7.92. The van der Waals surface area contributed by atoms with Crippen LogP contribution in [-0.2, 0) is 14.8 Å². The van der Waals surface area contributed by atoms with Gasteiger partial charge in [-0.05, 0) is 67.4 Å². The number of aryl methyl sites for hydroxylation is 2. The lowest BCUT2D eigenvalue weighted by atomic mass is 10.2. The Morgan fingerprint density at radius 2 is 1.60 bits per heavy atom. The third kappa shape index (κ3) is 5.52. The summed E-state index contributed by atoms with van der Waals surface area (Å²) in [4.78, 5) is 12.2. The number of nitrogens with one attached hydrogen (secondary N) is 2. The van der Waals surface area contributed by atoms with Crippen LogP contribution < -0.4 is 14.8 Å². The predicted molar refractivity (Wildman–Crippen MR) is 119 cm³/mol. The van der Waals surface area contributed by atoms with Gasteiger partial charge in [0.2, 0.25) is 0 Å². The first kappa shape index (κ1) is 21.7. The fourth-order valence-corrected chi connectivity index (χ4v) is 3.88. The summed E-state index contributed by atoms with van der Waals surface area (Å²) in [6, 6.07) is 18.2. The molecule has 1 amide bonds. The van der Waals surface area contributed by atoms with Gasteiger partial charge in [-0.1, -0.05) is 35.9 Å². The maximum absolute atomic E-state index is 12.6. The Morgan fingerprint density at radius 1 is 0.933 bits per heavy atom. The normalized spacial score (nSPS) is 11.0. The molecule has 0 bridgehead atoms. The van der Waals surface area contributed by atoms with E-state index >= 15 is 0 Å². The summed E-state index contributed by atoms with van der Waals surface area (Å²) >= 11 is 6.05. The third-order valence-electron chi connectivity index (χ3n) is 4.32. The lowest BCUT2D eigenvalue weighted by Gasteiger charge is -2.11. The minimum atomic E-state index is -3.79. The van der Waals surface area contributed by atoms with Crippen molar-refractivity contribution in [2.24, 2.45) is 0 Å². The van der Waals surface area contributed by atoms with Crippen LogP contribution in [0.1, 0.15) is 11.1 Å². The van der Waals surface area contributed by atoms with Crippen molar-refractivity contribution >= 4 is 38.9 Å². The molecule has 0 saturated carbocycles. The highest BCUT2D eigenvalue weighted by atomic mass is 35.5. The molecule has 8 heteroatoms. The molecule has 0 aliphatic heterocycles. The van der Waals surface area contributed by atoms with Gasteiger partial charge in [0.15, 0.2) is 6.61 Å². The van der Waals surface area contributed by atoms with Gasteiger partial charge in [-0.2, -0.15) is 0 Å². The molecule has 0 atom stereocenters. The number of rotatable bonds is 7. The summed E-state index contributed by atoms with van der Waals surface area (Å²) in [5.41, 5.74) is 2.62. The van der Waals surface area contributed by atoms with Gasteiger partial charge in [0.05, 0.1) is 10.6 Å². The highest BCUT2D eigenvalue weighted by Crippen LogP contribution is 2.23. The van der Waals surface area contributed by atoms with Crippen LogP contribution in [0.5, 0.6) is 5.75 Å². The lowest BCUT2D eigenvalue weighted by Crippen LogP contribution is -2.20. The first-order chi connectivity index (χ1) is 14.2. The van der Waals surface area contributed by atoms with Crippen molar-refractivity contribution in [2.45, 2.75) is 18.7 Å². The summed E-state index contributed by atoms with van der Waals surface area (Å²) in [6.45, 7) is 3.57. The van der Waals surface area contributed by atoms with Crippen molar-refractivity contribution in [1.29, 1.82) is 0 Å². The Morgan fingerprint density at radius 3 is 2.27 bits per heavy atom. The van der Waals surface area contributed by atoms with E-state index in [1.54, 1.807) is 24.3 Å². The Bertz CT molecular complexity index is 1160. The number of hydrogen-bond donors (Lipinski definition) is 2. The van der Waals surface area contributed by atoms with Gasteiger partial charge in [0.25, 0.3) is 15.9 Å². The zero-order chi connectivity index (χ0) is 21.7. The summed E-state index contributed by atoms with van der Waals surface area (Å²) in [7, 11) is -3.79. The van der Waals surface area contributed by atoms with E-state index in [1.807, 2.05) is 32.0 Å². The van der Waals surface area contributed by atoms with Crippen LogP contribution in [-0.4, -0.2) is 20.9 Å². The van der Waals surface area contributed by atoms with Crippen LogP contribution >= 0.6 is 11.6 Å². The fraction of sp³-hybridized carbons (Fsp3) is 0.136. The standard InChI is InChI=1S/C22H21ClN2O4S/c1-15-7-8-18(13-20(15)23)25-30(27,28)19-11-9-17(10-12-19)24-22(26)14-29-21-6-4-3-5-16(21)2/h3-13,25H,14H2,1-2H3,(H,24,26). The molecule has 0 aromatic heterocycles. The molecule has 0 radical (unpaired) electrons. The van der Waals surface area contributed by atoms with Gasteiger partial charge < -0.3 is 10.1 Å². The molecule has 6 nitrogen and oxygen atoms in total. The largest absolute Gasteiger partial charge is 0.483 e. The number of benzene rings is 3. The lowest BCUT2D eigenvalue weighted by molar-refractivity contribution is -0.118. The second-order valence-electron chi connectivity index (χ2n) is 6.70. The summed E-state index contributed by atoms with van der Waals surface area (Å²) in [6.07, 6.45) is 0. The Hall–Kier alpha value is -3.03. The average Bonchev–Trinajstić information content (AvgIpc) is 2.70. The van der Waals surface area contributed by atoms with E-state index in [1.165, 1.54) is 24.3 Å². The van der Waals surface area contributed by atoms with Crippen LogP contribution in [0.3, 0.4) is 0 Å². The second kappa shape index (κ2) is 9.19. The van der Waals surface area contributed by atoms with E-state index < -0.39 is 10.0 Å². The Kier molecular flexibility index (Phi) is 6.64. The molecule has 0 heterocycles. The van der Waals surface area contributed by atoms with Crippen LogP contribution in [0.2, 0.25) is 5.02 Å². The maximum Gasteiger partial charge on any atom is 0.262 e. The zero-order valence-electron chi connectivity index (χ0n) is 16.5. The maximum atomic E-state index is 12.6. The number of para-hydroxylation sites is 1. The van der Waals surface area contributed by atoms with Crippen molar-refractivity contribution in [1.82, 2.24) is 0 Å². The molecular weight excluding hydrogens is 424 g/mol. The van der Waals surface area contributed by atoms with Crippen LogP contribution in [0, 0.1) is 13.8 Å². The van der Waals surface area contributed by atoms with Gasteiger partial charge in [-0.15, -0.1) is 0 Å². The number of carbonyl (C=O) groups is 1. The van der Waals surface area contributed by atoms with Gasteiger partial charge >= 0.3 is 0 Å². The van der Waals surface area contributed by atoms with Gasteiger partial charge in [0, 0.05) is 10.7 Å². The average molecular weight is 445 g/mol. The number of ether oxygens (including phenoxy) is 1. The monoisotopic (exact) mass is 444 g/mol. The number of anilines is 2. The molecule has 0 aliphatic rings. The van der Waals surface area contributed by atoms with E-state index in [2.05, 4.69) is 10.0 Å². The topological polar surface area (TPSA) is 84.5 Å². The Labute approximate surface area is 180 Å². The number of sulfonamides is 1. The first-order valence-corrected chi connectivity index (χ1v) is 11.0. The molecule has 0 saturated heterocycles. The SMILES string of the molecule is Cc1ccc(NS(=O)(=O)c2ccc(NC(=O)COc3ccccc3C)cc2)cc1Cl. The minimum Gasteiger partial charge on any atom is -0.483 e. The molecular formula is C22H21ClN2O4S. The van der Waals surface area contributed by atoms with Gasteiger partial charge in [-0.3, -0.25) is 9.52 Å². The number of carbonyl (C=O) groups excluding carboxylic acids is 1. The molecule has 3 aromatic carbocycles. The van der Waals surface area contributed by atoms with E-state index in [9.17, 15) is 13.2 Å². The first-order valence-electron chi connectivity index (χ1n) is 9.12. The zero-order valence-corrected chi connectivity index (χ0v) is 18.0. The van der Waals surface area contributed by atoms with Crippen LogP contribution in [0.4, 0.5) is 11.4 Å². The van der Waals surface area contributed by atoms with Crippen LogP contribution in [0.15, 0.2) is 71.6 Å². The van der Waals surface area contributed by atoms with Crippen molar-refractivity contribution in [3.05, 3.63) is 82.9 Å². The number of halogens is 1. The van der Waals surface area contributed by atoms with E-state index in [4.69, 9.17) is 16.3 Å².